The van der Waals surface area contributed by atoms with Gasteiger partial charge in [0.2, 0.25) is 17.9 Å². The average Bonchev–Trinajstić information content (AvgIpc) is 3.11. The maximum atomic E-state index is 14.0. The third kappa shape index (κ3) is 4.01. The molecule has 12 nitrogen and oxygen atoms in total. The number of hydrogen-bond acceptors (Lipinski definition) is 9. The quantitative estimate of drug-likeness (QED) is 0.418. The average molecular weight is 451 g/mol. The zero-order chi connectivity index (χ0) is 27.1. The van der Waals surface area contributed by atoms with Crippen molar-refractivity contribution in [1.82, 2.24) is 39.9 Å². The van der Waals surface area contributed by atoms with E-state index in [2.05, 4.69) is 30.2 Å². The van der Waals surface area contributed by atoms with Crippen molar-refractivity contribution in [2.45, 2.75) is 19.4 Å². The standard InChI is InChI=1S/C18H16F2N8O4/c1-3-31-12-5-11(22-7-23-12)13(14(19)20)32-17-8-4-10(25-26-15(8)28(2)27-17)9-6-21-18(30)24-16(9)29/h4-7,13-14H,3H2,1-2H3,(H2,21,24,29,30)/t13-/m0/s1/i1D3,3D2. The van der Waals surface area contributed by atoms with E-state index >= 15 is 0 Å². The highest BCUT2D eigenvalue weighted by molar-refractivity contribution is 5.84. The van der Waals surface area contributed by atoms with Gasteiger partial charge in [0.05, 0.1) is 25.9 Å². The number of nitrogens with one attached hydrogen (secondary N) is 2. The smallest absolute Gasteiger partial charge is 0.325 e. The lowest BCUT2D eigenvalue weighted by molar-refractivity contribution is 0.00589. The van der Waals surface area contributed by atoms with E-state index in [4.69, 9.17) is 16.3 Å². The molecule has 0 aromatic carbocycles. The van der Waals surface area contributed by atoms with Crippen LogP contribution in [0, 0.1) is 0 Å². The number of rotatable bonds is 7. The first-order valence-corrected chi connectivity index (χ1v) is 8.75. The van der Waals surface area contributed by atoms with Gasteiger partial charge < -0.3 is 14.5 Å². The van der Waals surface area contributed by atoms with E-state index in [1.807, 2.05) is 4.98 Å². The number of alkyl halides is 2. The fourth-order valence-electron chi connectivity index (χ4n) is 2.82. The Hall–Kier alpha value is -4.23. The number of hydrogen-bond donors (Lipinski definition) is 2. The number of ether oxygens (including phenoxy) is 2. The Bertz CT molecular complexity index is 1570. The molecule has 0 aliphatic rings. The maximum Gasteiger partial charge on any atom is 0.325 e. The fraction of sp³-hybridized carbons (Fsp3) is 0.278. The highest BCUT2D eigenvalue weighted by atomic mass is 19.3. The molecule has 4 heterocycles. The molecule has 4 aromatic heterocycles. The summed E-state index contributed by atoms with van der Waals surface area (Å²) in [4.78, 5) is 35.0. The second kappa shape index (κ2) is 8.49. The highest BCUT2D eigenvalue weighted by Crippen LogP contribution is 2.32. The summed E-state index contributed by atoms with van der Waals surface area (Å²) in [5.74, 6) is -0.949. The molecule has 0 amide bonds. The maximum absolute atomic E-state index is 14.0. The Kier molecular flexibility index (Phi) is 4.12. The van der Waals surface area contributed by atoms with E-state index in [0.29, 0.717) is 0 Å². The van der Waals surface area contributed by atoms with Gasteiger partial charge in [-0.15, -0.1) is 15.3 Å². The van der Waals surface area contributed by atoms with Crippen LogP contribution in [0.1, 0.15) is 25.5 Å². The molecule has 1 atom stereocenters. The number of fused-ring (bicyclic) bond motifs is 1. The van der Waals surface area contributed by atoms with Gasteiger partial charge in [0, 0.05) is 23.4 Å². The Labute approximate surface area is 184 Å². The Morgan fingerprint density at radius 2 is 2.12 bits per heavy atom. The molecule has 0 aliphatic heterocycles. The number of aromatic nitrogens is 8. The van der Waals surface area contributed by atoms with Gasteiger partial charge >= 0.3 is 5.69 Å². The molecular formula is C18H16F2N8O4. The van der Waals surface area contributed by atoms with Crippen LogP contribution in [0.2, 0.25) is 0 Å². The highest BCUT2D eigenvalue weighted by Gasteiger charge is 2.29. The minimum Gasteiger partial charge on any atom is -0.478 e. The van der Waals surface area contributed by atoms with E-state index in [1.165, 1.54) is 17.8 Å². The minimum atomic E-state index is -3.18. The van der Waals surface area contributed by atoms with Crippen molar-refractivity contribution >= 4 is 11.0 Å². The van der Waals surface area contributed by atoms with Crippen LogP contribution in [0.25, 0.3) is 22.3 Å². The molecule has 32 heavy (non-hydrogen) atoms. The topological polar surface area (TPSA) is 154 Å². The molecule has 0 spiro atoms. The van der Waals surface area contributed by atoms with Gasteiger partial charge in [-0.1, -0.05) is 0 Å². The SMILES string of the molecule is [2H]C([2H])([2H])C([2H])([2H])Oc1cc([C@H](Oc2nn(C)c3nnc(-c4c[nH]c(=O)[nH]c4=O)cc23)C(F)F)ncn1. The third-order valence-electron chi connectivity index (χ3n) is 4.23. The molecule has 0 saturated heterocycles. The predicted molar refractivity (Wildman–Crippen MR) is 106 cm³/mol. The zero-order valence-corrected chi connectivity index (χ0v) is 16.0. The molecule has 0 radical (unpaired) electrons. The van der Waals surface area contributed by atoms with Crippen molar-refractivity contribution in [3.8, 4) is 23.0 Å². The van der Waals surface area contributed by atoms with Crippen LogP contribution < -0.4 is 20.7 Å². The van der Waals surface area contributed by atoms with Crippen LogP contribution in [0.3, 0.4) is 0 Å². The van der Waals surface area contributed by atoms with E-state index < -0.39 is 48.8 Å². The molecule has 4 rings (SSSR count). The van der Waals surface area contributed by atoms with Gasteiger partial charge in [-0.05, 0) is 12.9 Å². The van der Waals surface area contributed by atoms with E-state index in [0.717, 1.165) is 18.6 Å². The number of aryl methyl sites for hydroxylation is 1. The molecule has 2 N–H and O–H groups in total. The van der Waals surface area contributed by atoms with Crippen molar-refractivity contribution in [2.75, 3.05) is 6.56 Å². The molecule has 0 bridgehead atoms. The summed E-state index contributed by atoms with van der Waals surface area (Å²) in [6.45, 7) is -6.35. The number of nitrogens with zero attached hydrogens (tertiary/aromatic N) is 6. The van der Waals surface area contributed by atoms with E-state index in [-0.39, 0.29) is 28.2 Å². The largest absolute Gasteiger partial charge is 0.478 e. The van der Waals surface area contributed by atoms with Crippen molar-refractivity contribution in [2.24, 2.45) is 7.05 Å². The first-order valence-electron chi connectivity index (χ1n) is 11.3. The zero-order valence-electron chi connectivity index (χ0n) is 21.0. The van der Waals surface area contributed by atoms with E-state index in [9.17, 15) is 18.4 Å². The van der Waals surface area contributed by atoms with Gasteiger partial charge in [-0.25, -0.2) is 28.2 Å². The second-order valence-electron chi connectivity index (χ2n) is 6.24. The second-order valence-corrected chi connectivity index (χ2v) is 6.24. The lowest BCUT2D eigenvalue weighted by Gasteiger charge is -2.16. The lowest BCUT2D eigenvalue weighted by atomic mass is 10.2. The summed E-state index contributed by atoms with van der Waals surface area (Å²) in [6, 6.07) is 2.12. The summed E-state index contributed by atoms with van der Waals surface area (Å²) in [5.41, 5.74) is -1.92. The minimum absolute atomic E-state index is 0.0129. The van der Waals surface area contributed by atoms with Crippen LogP contribution in [0.15, 0.2) is 34.2 Å². The summed E-state index contributed by atoms with van der Waals surface area (Å²) >= 11 is 0. The summed E-state index contributed by atoms with van der Waals surface area (Å²) in [7, 11) is 1.45. The van der Waals surface area contributed by atoms with Crippen LogP contribution in [-0.2, 0) is 7.05 Å². The number of aromatic amines is 2. The first-order chi connectivity index (χ1) is 17.3. The van der Waals surface area contributed by atoms with Gasteiger partial charge in [0.25, 0.3) is 12.0 Å². The summed E-state index contributed by atoms with van der Waals surface area (Å²) in [6.07, 6.45) is -3.37. The third-order valence-corrected chi connectivity index (χ3v) is 4.23. The number of H-pyrrole nitrogens is 2. The molecule has 14 heteroatoms. The monoisotopic (exact) mass is 451 g/mol. The Morgan fingerprint density at radius 3 is 2.88 bits per heavy atom. The normalized spacial score (nSPS) is 15.4. The van der Waals surface area contributed by atoms with Crippen LogP contribution >= 0.6 is 0 Å². The van der Waals surface area contributed by atoms with Gasteiger partial charge in [0.15, 0.2) is 5.65 Å². The molecule has 0 aliphatic carbocycles. The molecule has 0 fully saturated rings. The van der Waals surface area contributed by atoms with Crippen LogP contribution in [0.4, 0.5) is 8.78 Å². The lowest BCUT2D eigenvalue weighted by Crippen LogP contribution is -2.22. The van der Waals surface area contributed by atoms with Gasteiger partial charge in [-0.3, -0.25) is 9.78 Å². The molecule has 0 unspecified atom stereocenters. The predicted octanol–water partition coefficient (Wildman–Crippen LogP) is 0.981. The number of halogens is 2. The van der Waals surface area contributed by atoms with Crippen molar-refractivity contribution in [3.63, 3.8) is 0 Å². The fourth-order valence-corrected chi connectivity index (χ4v) is 2.82. The summed E-state index contributed by atoms with van der Waals surface area (Å²) in [5, 5.41) is 12.0. The van der Waals surface area contributed by atoms with Gasteiger partial charge in [0.1, 0.15) is 12.0 Å². The van der Waals surface area contributed by atoms with E-state index in [1.54, 1.807) is 0 Å². The molecule has 0 saturated carbocycles. The Morgan fingerprint density at radius 1 is 1.28 bits per heavy atom. The Balaban J connectivity index is 1.71. The van der Waals surface area contributed by atoms with Gasteiger partial charge in [-0.2, -0.15) is 0 Å². The molecule has 166 valence electrons. The van der Waals surface area contributed by atoms with Crippen molar-refractivity contribution in [3.05, 3.63) is 51.2 Å². The molecular weight excluding hydrogens is 430 g/mol. The van der Waals surface area contributed by atoms with Crippen molar-refractivity contribution in [1.29, 1.82) is 0 Å². The van der Waals surface area contributed by atoms with Crippen molar-refractivity contribution < 1.29 is 25.1 Å². The first kappa shape index (κ1) is 15.6. The molecule has 4 aromatic rings. The summed E-state index contributed by atoms with van der Waals surface area (Å²) < 4.78 is 76.2. The van der Waals surface area contributed by atoms with Crippen LogP contribution in [-0.4, -0.2) is 52.9 Å². The van der Waals surface area contributed by atoms with Crippen LogP contribution in [0.5, 0.6) is 11.8 Å².